The van der Waals surface area contributed by atoms with Crippen molar-refractivity contribution in [1.82, 2.24) is 9.38 Å². The Labute approximate surface area is 125 Å². The van der Waals surface area contributed by atoms with E-state index in [4.69, 9.17) is 9.15 Å². The number of methoxy groups -OCH3 is 1. The average molecular weight is 296 g/mol. The summed E-state index contributed by atoms with van der Waals surface area (Å²) >= 11 is 0. The predicted molar refractivity (Wildman–Crippen MR) is 81.6 cm³/mol. The SMILES string of the molecule is COc1ccc2oc(-c3nc4ccc(F)cn4c3C)cc2c1. The zero-order valence-corrected chi connectivity index (χ0v) is 12.1. The lowest BCUT2D eigenvalue weighted by Gasteiger charge is -1.96. The molecule has 5 heteroatoms. The van der Waals surface area contributed by atoms with Gasteiger partial charge in [0.2, 0.25) is 0 Å². The van der Waals surface area contributed by atoms with Crippen LogP contribution in [-0.2, 0) is 0 Å². The number of imidazole rings is 1. The molecule has 0 spiro atoms. The van der Waals surface area contributed by atoms with Crippen molar-refractivity contribution in [3.63, 3.8) is 0 Å². The molecule has 0 aliphatic carbocycles. The van der Waals surface area contributed by atoms with Crippen LogP contribution in [0.1, 0.15) is 5.69 Å². The molecule has 0 N–H and O–H groups in total. The fourth-order valence-corrected chi connectivity index (χ4v) is 2.63. The van der Waals surface area contributed by atoms with Crippen LogP contribution in [0.5, 0.6) is 5.75 Å². The minimum absolute atomic E-state index is 0.297. The molecular formula is C17H13FN2O2. The van der Waals surface area contributed by atoms with Crippen molar-refractivity contribution in [2.24, 2.45) is 0 Å². The Morgan fingerprint density at radius 3 is 2.86 bits per heavy atom. The van der Waals surface area contributed by atoms with E-state index >= 15 is 0 Å². The van der Waals surface area contributed by atoms with Crippen molar-refractivity contribution in [1.29, 1.82) is 0 Å². The first kappa shape index (κ1) is 12.9. The van der Waals surface area contributed by atoms with E-state index in [2.05, 4.69) is 4.98 Å². The lowest BCUT2D eigenvalue weighted by atomic mass is 10.2. The Morgan fingerprint density at radius 1 is 1.18 bits per heavy atom. The second-order valence-electron chi connectivity index (χ2n) is 5.14. The number of hydrogen-bond donors (Lipinski definition) is 0. The van der Waals surface area contributed by atoms with E-state index in [1.54, 1.807) is 17.6 Å². The molecule has 0 saturated heterocycles. The van der Waals surface area contributed by atoms with Crippen molar-refractivity contribution in [3.05, 3.63) is 54.1 Å². The zero-order chi connectivity index (χ0) is 15.3. The van der Waals surface area contributed by atoms with Gasteiger partial charge in [0, 0.05) is 11.6 Å². The Hall–Kier alpha value is -2.82. The van der Waals surface area contributed by atoms with Crippen molar-refractivity contribution >= 4 is 16.6 Å². The van der Waals surface area contributed by atoms with Gasteiger partial charge in [-0.15, -0.1) is 0 Å². The third-order valence-electron chi connectivity index (χ3n) is 3.78. The third kappa shape index (κ3) is 1.86. The fraction of sp³-hybridized carbons (Fsp3) is 0.118. The molecule has 3 aromatic heterocycles. The van der Waals surface area contributed by atoms with Crippen LogP contribution in [0.15, 0.2) is 47.0 Å². The van der Waals surface area contributed by atoms with Crippen molar-refractivity contribution in [2.45, 2.75) is 6.92 Å². The minimum Gasteiger partial charge on any atom is -0.497 e. The van der Waals surface area contributed by atoms with E-state index in [0.717, 1.165) is 22.4 Å². The monoisotopic (exact) mass is 296 g/mol. The van der Waals surface area contributed by atoms with Gasteiger partial charge in [0.05, 0.1) is 12.8 Å². The van der Waals surface area contributed by atoms with E-state index in [9.17, 15) is 4.39 Å². The van der Waals surface area contributed by atoms with Gasteiger partial charge >= 0.3 is 0 Å². The van der Waals surface area contributed by atoms with Gasteiger partial charge in [0.1, 0.15) is 28.5 Å². The number of furan rings is 1. The fourth-order valence-electron chi connectivity index (χ4n) is 2.63. The lowest BCUT2D eigenvalue weighted by Crippen LogP contribution is -1.88. The number of pyridine rings is 1. The molecular weight excluding hydrogens is 283 g/mol. The van der Waals surface area contributed by atoms with Crippen LogP contribution in [0.3, 0.4) is 0 Å². The second-order valence-corrected chi connectivity index (χ2v) is 5.14. The Bertz CT molecular complexity index is 1000. The van der Waals surface area contributed by atoms with Gasteiger partial charge in [-0.1, -0.05) is 0 Å². The van der Waals surface area contributed by atoms with Gasteiger partial charge < -0.3 is 13.6 Å². The summed E-state index contributed by atoms with van der Waals surface area (Å²) in [5.74, 6) is 1.13. The van der Waals surface area contributed by atoms with E-state index in [-0.39, 0.29) is 5.82 Å². The van der Waals surface area contributed by atoms with Gasteiger partial charge in [-0.05, 0) is 43.3 Å². The van der Waals surface area contributed by atoms with Crippen LogP contribution in [0.4, 0.5) is 4.39 Å². The minimum atomic E-state index is -0.297. The van der Waals surface area contributed by atoms with Gasteiger partial charge in [-0.25, -0.2) is 9.37 Å². The molecule has 0 unspecified atom stereocenters. The number of benzene rings is 1. The highest BCUT2D eigenvalue weighted by atomic mass is 19.1. The normalized spacial score (nSPS) is 11.4. The quantitative estimate of drug-likeness (QED) is 0.556. The molecule has 0 aliphatic rings. The Balaban J connectivity index is 1.92. The largest absolute Gasteiger partial charge is 0.497 e. The van der Waals surface area contributed by atoms with E-state index in [0.29, 0.717) is 17.1 Å². The van der Waals surface area contributed by atoms with E-state index < -0.39 is 0 Å². The summed E-state index contributed by atoms with van der Waals surface area (Å²) in [5.41, 5.74) is 2.99. The number of halogens is 1. The summed E-state index contributed by atoms with van der Waals surface area (Å²) in [6.45, 7) is 1.89. The molecule has 1 aromatic carbocycles. The summed E-state index contributed by atoms with van der Waals surface area (Å²) in [7, 11) is 1.63. The highest BCUT2D eigenvalue weighted by molar-refractivity contribution is 5.84. The first-order chi connectivity index (χ1) is 10.7. The number of hydrogen-bond acceptors (Lipinski definition) is 3. The number of rotatable bonds is 2. The molecule has 110 valence electrons. The van der Waals surface area contributed by atoms with Gasteiger partial charge in [-0.2, -0.15) is 0 Å². The van der Waals surface area contributed by atoms with Crippen LogP contribution >= 0.6 is 0 Å². The van der Waals surface area contributed by atoms with Crippen LogP contribution in [0, 0.1) is 12.7 Å². The molecule has 4 aromatic rings. The van der Waals surface area contributed by atoms with E-state index in [1.807, 2.05) is 31.2 Å². The van der Waals surface area contributed by atoms with Gasteiger partial charge in [-0.3, -0.25) is 0 Å². The van der Waals surface area contributed by atoms with Crippen molar-refractivity contribution in [3.8, 4) is 17.2 Å². The maximum absolute atomic E-state index is 13.4. The summed E-state index contributed by atoms with van der Waals surface area (Å²) < 4.78 is 26.2. The van der Waals surface area contributed by atoms with Crippen LogP contribution in [0.25, 0.3) is 28.1 Å². The first-order valence-corrected chi connectivity index (χ1v) is 6.88. The third-order valence-corrected chi connectivity index (χ3v) is 3.78. The molecule has 4 rings (SSSR count). The second kappa shape index (κ2) is 4.59. The standard InChI is InChI=1S/C17H13FN2O2/c1-10-17(19-16-6-3-12(18)9-20(10)16)15-8-11-7-13(21-2)4-5-14(11)22-15/h3-9H,1-2H3. The molecule has 0 aliphatic heterocycles. The number of ether oxygens (including phenoxy) is 1. The summed E-state index contributed by atoms with van der Waals surface area (Å²) in [4.78, 5) is 4.53. The summed E-state index contributed by atoms with van der Waals surface area (Å²) in [5, 5.41) is 0.942. The highest BCUT2D eigenvalue weighted by Crippen LogP contribution is 2.31. The number of nitrogens with zero attached hydrogens (tertiary/aromatic N) is 2. The van der Waals surface area contributed by atoms with Crippen LogP contribution < -0.4 is 4.74 Å². The molecule has 0 saturated carbocycles. The van der Waals surface area contributed by atoms with E-state index in [1.165, 1.54) is 12.3 Å². The zero-order valence-electron chi connectivity index (χ0n) is 12.1. The molecule has 0 amide bonds. The summed E-state index contributed by atoms with van der Waals surface area (Å²) in [6.07, 6.45) is 1.42. The molecule has 0 radical (unpaired) electrons. The molecule has 4 nitrogen and oxygen atoms in total. The predicted octanol–water partition coefficient (Wildman–Crippen LogP) is 4.20. The lowest BCUT2D eigenvalue weighted by molar-refractivity contribution is 0.415. The maximum atomic E-state index is 13.4. The molecule has 0 fully saturated rings. The van der Waals surface area contributed by atoms with Gasteiger partial charge in [0.15, 0.2) is 5.76 Å². The van der Waals surface area contributed by atoms with Crippen LogP contribution in [0.2, 0.25) is 0 Å². The van der Waals surface area contributed by atoms with Crippen molar-refractivity contribution < 1.29 is 13.5 Å². The number of aryl methyl sites for hydroxylation is 1. The molecule has 0 atom stereocenters. The Kier molecular flexibility index (Phi) is 2.69. The molecule has 22 heavy (non-hydrogen) atoms. The topological polar surface area (TPSA) is 39.7 Å². The Morgan fingerprint density at radius 2 is 2.05 bits per heavy atom. The first-order valence-electron chi connectivity index (χ1n) is 6.88. The average Bonchev–Trinajstić information content (AvgIpc) is 3.08. The maximum Gasteiger partial charge on any atom is 0.155 e. The summed E-state index contributed by atoms with van der Waals surface area (Å²) in [6, 6.07) is 10.6. The number of aromatic nitrogens is 2. The number of fused-ring (bicyclic) bond motifs is 2. The van der Waals surface area contributed by atoms with Crippen molar-refractivity contribution in [2.75, 3.05) is 7.11 Å². The molecule has 0 bridgehead atoms. The molecule has 3 heterocycles. The van der Waals surface area contributed by atoms with Crippen LogP contribution in [-0.4, -0.2) is 16.5 Å². The smallest absolute Gasteiger partial charge is 0.155 e. The van der Waals surface area contributed by atoms with Gasteiger partial charge in [0.25, 0.3) is 0 Å². The highest BCUT2D eigenvalue weighted by Gasteiger charge is 2.15.